The molecule has 2 N–H and O–H groups in total. The summed E-state index contributed by atoms with van der Waals surface area (Å²) in [4.78, 5) is 34.7. The van der Waals surface area contributed by atoms with Crippen molar-refractivity contribution in [2.45, 2.75) is 47.0 Å². The van der Waals surface area contributed by atoms with Crippen LogP contribution in [0.15, 0.2) is 4.79 Å². The van der Waals surface area contributed by atoms with E-state index < -0.39 is 0 Å². The standard InChI is InChI=1S/C19H28N6O2/c1-6-15-13(4)20-19(22-18(15)27)25-16(11(2)12(3)23-25)21-17(26)14-7-9-24(5)10-8-14/h14H,6-10H2,1-5H3,(H,21,26)(H,20,22,27). The normalized spacial score (nSPS) is 15.9. The number of aromatic nitrogens is 4. The summed E-state index contributed by atoms with van der Waals surface area (Å²) in [5.74, 6) is 0.880. The van der Waals surface area contributed by atoms with Crippen molar-refractivity contribution in [3.05, 3.63) is 32.9 Å². The molecule has 8 nitrogen and oxygen atoms in total. The Morgan fingerprint density at radius 3 is 2.48 bits per heavy atom. The number of hydrogen-bond acceptors (Lipinski definition) is 5. The van der Waals surface area contributed by atoms with Crippen LogP contribution in [0.4, 0.5) is 5.82 Å². The largest absolute Gasteiger partial charge is 0.310 e. The molecule has 0 bridgehead atoms. The first kappa shape index (κ1) is 19.3. The predicted octanol–water partition coefficient (Wildman–Crippen LogP) is 1.72. The molecule has 1 fully saturated rings. The van der Waals surface area contributed by atoms with E-state index >= 15 is 0 Å². The lowest BCUT2D eigenvalue weighted by Gasteiger charge is -2.28. The van der Waals surface area contributed by atoms with Crippen molar-refractivity contribution in [2.75, 3.05) is 25.5 Å². The Hall–Kier alpha value is -2.48. The highest BCUT2D eigenvalue weighted by atomic mass is 16.2. The van der Waals surface area contributed by atoms with Gasteiger partial charge in [-0.2, -0.15) is 9.78 Å². The van der Waals surface area contributed by atoms with E-state index in [0.29, 0.717) is 29.4 Å². The second-order valence-corrected chi connectivity index (χ2v) is 7.34. The Kier molecular flexibility index (Phi) is 5.46. The third-order valence-corrected chi connectivity index (χ3v) is 5.45. The molecule has 0 unspecified atom stereocenters. The minimum atomic E-state index is -0.168. The molecule has 1 amide bonds. The van der Waals surface area contributed by atoms with Crippen molar-refractivity contribution in [1.29, 1.82) is 0 Å². The SMILES string of the molecule is CCc1c(C)nc(-n2nc(C)c(C)c2NC(=O)C2CCN(C)CC2)[nH]c1=O. The summed E-state index contributed by atoms with van der Waals surface area (Å²) in [6.07, 6.45) is 2.30. The summed E-state index contributed by atoms with van der Waals surface area (Å²) in [5, 5.41) is 7.52. The lowest BCUT2D eigenvalue weighted by Crippen LogP contribution is -2.36. The van der Waals surface area contributed by atoms with Gasteiger partial charge in [-0.1, -0.05) is 6.92 Å². The third-order valence-electron chi connectivity index (χ3n) is 5.45. The molecule has 1 aliphatic heterocycles. The predicted molar refractivity (Wildman–Crippen MR) is 104 cm³/mol. The summed E-state index contributed by atoms with van der Waals surface area (Å²) in [6.45, 7) is 9.37. The number of likely N-dealkylation sites (tertiary alicyclic amines) is 1. The zero-order chi connectivity index (χ0) is 19.7. The summed E-state index contributed by atoms with van der Waals surface area (Å²) in [6, 6.07) is 0. The van der Waals surface area contributed by atoms with E-state index in [4.69, 9.17) is 0 Å². The Balaban J connectivity index is 1.94. The van der Waals surface area contributed by atoms with E-state index in [1.54, 1.807) is 0 Å². The Labute approximate surface area is 159 Å². The number of nitrogens with one attached hydrogen (secondary N) is 2. The Bertz CT molecular complexity index is 906. The average molecular weight is 372 g/mol. The van der Waals surface area contributed by atoms with Crippen LogP contribution in [0.5, 0.6) is 0 Å². The monoisotopic (exact) mass is 372 g/mol. The number of piperidine rings is 1. The number of aromatic amines is 1. The highest BCUT2D eigenvalue weighted by molar-refractivity contribution is 5.92. The van der Waals surface area contributed by atoms with Crippen LogP contribution in [0.3, 0.4) is 0 Å². The van der Waals surface area contributed by atoms with E-state index in [0.717, 1.165) is 37.2 Å². The first-order valence-corrected chi connectivity index (χ1v) is 9.47. The Morgan fingerprint density at radius 2 is 1.89 bits per heavy atom. The number of anilines is 1. The van der Waals surface area contributed by atoms with E-state index in [-0.39, 0.29) is 17.4 Å². The molecular weight excluding hydrogens is 344 g/mol. The van der Waals surface area contributed by atoms with Crippen LogP contribution in [-0.2, 0) is 11.2 Å². The number of carbonyl (C=O) groups is 1. The van der Waals surface area contributed by atoms with Gasteiger partial charge >= 0.3 is 0 Å². The van der Waals surface area contributed by atoms with Gasteiger partial charge in [0.2, 0.25) is 11.9 Å². The van der Waals surface area contributed by atoms with Gasteiger partial charge in [0, 0.05) is 22.7 Å². The first-order chi connectivity index (χ1) is 12.8. The smallest absolute Gasteiger partial charge is 0.255 e. The first-order valence-electron chi connectivity index (χ1n) is 9.47. The third kappa shape index (κ3) is 3.80. The molecule has 2 aromatic rings. The lowest BCUT2D eigenvalue weighted by molar-refractivity contribution is -0.121. The van der Waals surface area contributed by atoms with Gasteiger partial charge in [0.1, 0.15) is 5.82 Å². The molecule has 0 saturated carbocycles. The Morgan fingerprint density at radius 1 is 1.22 bits per heavy atom. The van der Waals surface area contributed by atoms with Gasteiger partial charge in [-0.15, -0.1) is 0 Å². The van der Waals surface area contributed by atoms with Gasteiger partial charge in [-0.05, 0) is 60.2 Å². The molecule has 0 aromatic carbocycles. The number of amides is 1. The number of hydrogen-bond donors (Lipinski definition) is 2. The number of rotatable bonds is 4. The van der Waals surface area contributed by atoms with E-state index in [2.05, 4.69) is 32.3 Å². The van der Waals surface area contributed by atoms with Crippen LogP contribution >= 0.6 is 0 Å². The maximum Gasteiger partial charge on any atom is 0.255 e. The number of H-pyrrole nitrogens is 1. The molecule has 3 rings (SSSR count). The summed E-state index contributed by atoms with van der Waals surface area (Å²) >= 11 is 0. The van der Waals surface area contributed by atoms with Crippen LogP contribution in [0, 0.1) is 26.7 Å². The van der Waals surface area contributed by atoms with Gasteiger partial charge < -0.3 is 10.2 Å². The summed E-state index contributed by atoms with van der Waals surface area (Å²) in [7, 11) is 2.07. The summed E-state index contributed by atoms with van der Waals surface area (Å²) < 4.78 is 1.53. The van der Waals surface area contributed by atoms with Crippen LogP contribution < -0.4 is 10.9 Å². The maximum absolute atomic E-state index is 12.8. The number of nitrogens with zero attached hydrogens (tertiary/aromatic N) is 4. The lowest BCUT2D eigenvalue weighted by atomic mass is 9.96. The van der Waals surface area contributed by atoms with Gasteiger partial charge in [-0.3, -0.25) is 14.6 Å². The van der Waals surface area contributed by atoms with Crippen molar-refractivity contribution in [1.82, 2.24) is 24.6 Å². The van der Waals surface area contributed by atoms with Crippen molar-refractivity contribution in [3.8, 4) is 5.95 Å². The molecule has 3 heterocycles. The fourth-order valence-corrected chi connectivity index (χ4v) is 3.51. The molecule has 27 heavy (non-hydrogen) atoms. The molecule has 8 heteroatoms. The molecule has 0 atom stereocenters. The van der Waals surface area contributed by atoms with Crippen LogP contribution in [0.25, 0.3) is 5.95 Å². The quantitative estimate of drug-likeness (QED) is 0.852. The van der Waals surface area contributed by atoms with Gasteiger partial charge in [0.05, 0.1) is 5.69 Å². The topological polar surface area (TPSA) is 95.9 Å². The van der Waals surface area contributed by atoms with Crippen molar-refractivity contribution < 1.29 is 4.79 Å². The second-order valence-electron chi connectivity index (χ2n) is 7.34. The minimum absolute atomic E-state index is 0.00315. The van der Waals surface area contributed by atoms with Crippen LogP contribution in [-0.4, -0.2) is 50.7 Å². The average Bonchev–Trinajstić information content (AvgIpc) is 2.90. The summed E-state index contributed by atoms with van der Waals surface area (Å²) in [5.41, 5.74) is 2.83. The van der Waals surface area contributed by atoms with E-state index in [9.17, 15) is 9.59 Å². The molecule has 2 aromatic heterocycles. The van der Waals surface area contributed by atoms with Crippen LogP contribution in [0.2, 0.25) is 0 Å². The molecule has 0 aliphatic carbocycles. The zero-order valence-corrected chi connectivity index (χ0v) is 16.7. The molecule has 1 aliphatic rings. The van der Waals surface area contributed by atoms with Gasteiger partial charge in [0.25, 0.3) is 5.56 Å². The highest BCUT2D eigenvalue weighted by Gasteiger charge is 2.26. The highest BCUT2D eigenvalue weighted by Crippen LogP contribution is 2.24. The number of carbonyl (C=O) groups excluding carboxylic acids is 1. The van der Waals surface area contributed by atoms with Gasteiger partial charge in [0.15, 0.2) is 0 Å². The fourth-order valence-electron chi connectivity index (χ4n) is 3.51. The van der Waals surface area contributed by atoms with Crippen molar-refractivity contribution in [3.63, 3.8) is 0 Å². The van der Waals surface area contributed by atoms with E-state index in [1.165, 1.54) is 4.68 Å². The molecule has 0 radical (unpaired) electrons. The fraction of sp³-hybridized carbons (Fsp3) is 0.579. The molecular formula is C19H28N6O2. The molecule has 1 saturated heterocycles. The maximum atomic E-state index is 12.8. The molecule has 146 valence electrons. The number of aryl methyl sites for hydroxylation is 2. The van der Waals surface area contributed by atoms with E-state index in [1.807, 2.05) is 27.7 Å². The van der Waals surface area contributed by atoms with Crippen molar-refractivity contribution in [2.24, 2.45) is 5.92 Å². The molecule has 0 spiro atoms. The second kappa shape index (κ2) is 7.64. The van der Waals surface area contributed by atoms with Crippen molar-refractivity contribution >= 4 is 11.7 Å². The minimum Gasteiger partial charge on any atom is -0.310 e. The van der Waals surface area contributed by atoms with Gasteiger partial charge in [-0.25, -0.2) is 4.98 Å². The zero-order valence-electron chi connectivity index (χ0n) is 16.7. The van der Waals surface area contributed by atoms with Crippen LogP contribution in [0.1, 0.15) is 42.3 Å².